The van der Waals surface area contributed by atoms with Crippen LogP contribution in [0.2, 0.25) is 0 Å². The monoisotopic (exact) mass is 880 g/mol. The SMILES string of the molecule is C=CC(=O)N(C)CCC(NC(=O)OC(C)(C)C)C(=O)N1C[C@H](Oc2cc(-c3ccccc3)nc3cc(OC)ccc23)C[C@H]1C(=O)N[C@]1(C(=O)NS(=O)(=O)c2ccccc2)C[C@H]1C=C. The number of nitrogens with one attached hydrogen (secondary N) is 3. The van der Waals surface area contributed by atoms with Crippen LogP contribution in [0.3, 0.4) is 0 Å². The average molecular weight is 881 g/mol. The first-order chi connectivity index (χ1) is 29.9. The van der Waals surface area contributed by atoms with Gasteiger partial charge in [0.05, 0.1) is 29.8 Å². The summed E-state index contributed by atoms with van der Waals surface area (Å²) in [5.74, 6) is -2.51. The molecule has 1 aromatic heterocycles. The van der Waals surface area contributed by atoms with Crippen LogP contribution < -0.4 is 24.8 Å². The highest BCUT2D eigenvalue weighted by molar-refractivity contribution is 7.90. The van der Waals surface area contributed by atoms with Crippen LogP contribution in [0.25, 0.3) is 22.2 Å². The maximum Gasteiger partial charge on any atom is 0.408 e. The summed E-state index contributed by atoms with van der Waals surface area (Å²) in [7, 11) is -1.27. The molecule has 6 rings (SSSR count). The lowest BCUT2D eigenvalue weighted by Gasteiger charge is -2.31. The number of sulfonamides is 1. The zero-order valence-electron chi connectivity index (χ0n) is 35.8. The molecule has 1 aliphatic heterocycles. The Labute approximate surface area is 366 Å². The second-order valence-electron chi connectivity index (χ2n) is 16.4. The van der Waals surface area contributed by atoms with E-state index in [1.807, 2.05) is 30.3 Å². The number of aromatic nitrogens is 1. The van der Waals surface area contributed by atoms with Gasteiger partial charge in [-0.05, 0) is 64.0 Å². The van der Waals surface area contributed by atoms with Crippen molar-refractivity contribution in [2.45, 2.75) is 74.3 Å². The molecule has 0 spiro atoms. The Bertz CT molecular complexity index is 2510. The van der Waals surface area contributed by atoms with Crippen molar-refractivity contribution in [2.75, 3.05) is 27.2 Å². The van der Waals surface area contributed by atoms with Crippen molar-refractivity contribution in [3.8, 4) is 22.8 Å². The standard InChI is InChI=1S/C46H52N6O10S/c1-8-30-27-46(30,43(56)50-63(58,59)33-18-14-11-15-19-33)49-41(54)38-25-32(28-52(38)42(55)35(22-23-51(6)40(53)9-2)48-44(57)62-45(3,4)5)61-39-26-36(29-16-12-10-13-17-29)47-37-24-31(60-7)20-21-34(37)39/h8-21,24,26,30,32,35,38H,1-2,22-23,25,27-28H2,3-7H3,(H,48,57)(H,49,54)(H,50,56)/t30-,32-,35?,38+,46-/m1/s1. The first-order valence-electron chi connectivity index (χ1n) is 20.3. The van der Waals surface area contributed by atoms with E-state index < -0.39 is 75.0 Å². The summed E-state index contributed by atoms with van der Waals surface area (Å²) < 4.78 is 46.3. The van der Waals surface area contributed by atoms with E-state index in [1.165, 1.54) is 47.2 Å². The number of hydrogen-bond donors (Lipinski definition) is 3. The van der Waals surface area contributed by atoms with Crippen LogP contribution in [0.5, 0.6) is 11.5 Å². The van der Waals surface area contributed by atoms with Crippen molar-refractivity contribution in [3.05, 3.63) is 110 Å². The molecule has 0 bridgehead atoms. The number of nitrogens with zero attached hydrogens (tertiary/aromatic N) is 3. The van der Waals surface area contributed by atoms with Gasteiger partial charge in [-0.1, -0.05) is 61.2 Å². The Kier molecular flexibility index (Phi) is 13.6. The maximum atomic E-state index is 14.8. The molecule has 0 radical (unpaired) electrons. The highest BCUT2D eigenvalue weighted by Gasteiger charge is 2.61. The number of alkyl carbamates (subject to hydrolysis) is 1. The fourth-order valence-corrected chi connectivity index (χ4v) is 8.48. The van der Waals surface area contributed by atoms with Crippen molar-refractivity contribution < 1.29 is 46.6 Å². The summed E-state index contributed by atoms with van der Waals surface area (Å²) in [6.45, 7) is 12.2. The van der Waals surface area contributed by atoms with E-state index in [0.717, 1.165) is 11.6 Å². The summed E-state index contributed by atoms with van der Waals surface area (Å²) in [4.78, 5) is 76.2. The first-order valence-corrected chi connectivity index (χ1v) is 21.8. The van der Waals surface area contributed by atoms with Gasteiger partial charge in [0.25, 0.3) is 15.9 Å². The Balaban J connectivity index is 1.36. The number of methoxy groups -OCH3 is 1. The quantitative estimate of drug-likeness (QED) is 0.104. The Hall–Kier alpha value is -6.75. The smallest absolute Gasteiger partial charge is 0.408 e. The minimum atomic E-state index is -4.33. The molecule has 1 saturated carbocycles. The van der Waals surface area contributed by atoms with Gasteiger partial charge in [0.2, 0.25) is 17.7 Å². The van der Waals surface area contributed by atoms with Crippen LogP contribution in [-0.4, -0.2) is 109 Å². The fraction of sp³-hybridized carbons (Fsp3) is 0.348. The number of fused-ring (bicyclic) bond motifs is 1. The number of carbonyl (C=O) groups excluding carboxylic acids is 5. The minimum Gasteiger partial charge on any atom is -0.497 e. The van der Waals surface area contributed by atoms with Crippen molar-refractivity contribution in [3.63, 3.8) is 0 Å². The number of hydrogen-bond acceptors (Lipinski definition) is 11. The molecule has 4 aromatic rings. The van der Waals surface area contributed by atoms with Gasteiger partial charge in [0, 0.05) is 49.0 Å². The molecule has 2 aliphatic rings. The molecule has 5 amide bonds. The number of benzene rings is 3. The number of pyridine rings is 1. The molecule has 1 aliphatic carbocycles. The molecule has 63 heavy (non-hydrogen) atoms. The minimum absolute atomic E-state index is 0.0105. The van der Waals surface area contributed by atoms with Crippen LogP contribution >= 0.6 is 0 Å². The molecule has 2 heterocycles. The number of carbonyl (C=O) groups is 5. The summed E-state index contributed by atoms with van der Waals surface area (Å²) in [5, 5.41) is 6.03. The van der Waals surface area contributed by atoms with Gasteiger partial charge in [0.15, 0.2) is 0 Å². The van der Waals surface area contributed by atoms with Gasteiger partial charge in [0.1, 0.15) is 40.8 Å². The molecule has 332 valence electrons. The van der Waals surface area contributed by atoms with Gasteiger partial charge in [-0.3, -0.25) is 19.2 Å². The van der Waals surface area contributed by atoms with Crippen LogP contribution in [0.4, 0.5) is 4.79 Å². The van der Waals surface area contributed by atoms with Crippen LogP contribution in [0, 0.1) is 5.92 Å². The van der Waals surface area contributed by atoms with Crippen molar-refractivity contribution >= 4 is 50.6 Å². The third kappa shape index (κ3) is 10.7. The number of ether oxygens (including phenoxy) is 3. The molecule has 3 aromatic carbocycles. The van der Waals surface area contributed by atoms with Crippen LogP contribution in [0.1, 0.15) is 40.0 Å². The van der Waals surface area contributed by atoms with Gasteiger partial charge in [-0.25, -0.2) is 22.9 Å². The van der Waals surface area contributed by atoms with Gasteiger partial charge < -0.3 is 34.6 Å². The molecule has 3 N–H and O–H groups in total. The van der Waals surface area contributed by atoms with E-state index in [1.54, 1.807) is 58.2 Å². The third-order valence-electron chi connectivity index (χ3n) is 10.8. The Morgan fingerprint density at radius 3 is 2.30 bits per heavy atom. The number of amides is 5. The largest absolute Gasteiger partial charge is 0.497 e. The van der Waals surface area contributed by atoms with Gasteiger partial charge in [-0.15, -0.1) is 6.58 Å². The van der Waals surface area contributed by atoms with Gasteiger partial charge in [-0.2, -0.15) is 0 Å². The fourth-order valence-electron chi connectivity index (χ4n) is 7.42. The normalized spacial score (nSPS) is 19.8. The van der Waals surface area contributed by atoms with E-state index in [0.29, 0.717) is 28.1 Å². The zero-order valence-corrected chi connectivity index (χ0v) is 36.6. The van der Waals surface area contributed by atoms with Crippen molar-refractivity contribution in [1.29, 1.82) is 0 Å². The van der Waals surface area contributed by atoms with E-state index in [2.05, 4.69) is 28.5 Å². The lowest BCUT2D eigenvalue weighted by molar-refractivity contribution is -0.141. The molecule has 1 unspecified atom stereocenters. The first kappa shape index (κ1) is 45.8. The molecule has 16 nitrogen and oxygen atoms in total. The maximum absolute atomic E-state index is 14.8. The highest BCUT2D eigenvalue weighted by atomic mass is 32.2. The van der Waals surface area contributed by atoms with Gasteiger partial charge >= 0.3 is 6.09 Å². The lowest BCUT2D eigenvalue weighted by atomic mass is 10.1. The summed E-state index contributed by atoms with van der Waals surface area (Å²) >= 11 is 0. The lowest BCUT2D eigenvalue weighted by Crippen LogP contribution is -2.58. The molecule has 1 saturated heterocycles. The predicted octanol–water partition coefficient (Wildman–Crippen LogP) is 4.75. The molecule has 5 atom stereocenters. The van der Waals surface area contributed by atoms with E-state index >= 15 is 0 Å². The highest BCUT2D eigenvalue weighted by Crippen LogP contribution is 2.45. The average Bonchev–Trinajstić information content (AvgIpc) is 3.82. The molecular weight excluding hydrogens is 829 g/mol. The summed E-state index contributed by atoms with van der Waals surface area (Å²) in [5.41, 5.74) is -0.668. The Morgan fingerprint density at radius 2 is 1.68 bits per heavy atom. The number of likely N-dealkylation sites (N-methyl/N-ethyl adjacent to an activating group) is 1. The second kappa shape index (κ2) is 18.7. The van der Waals surface area contributed by atoms with Crippen molar-refractivity contribution in [1.82, 2.24) is 30.1 Å². The molecular formula is C46H52N6O10S. The number of rotatable bonds is 16. The molecule has 2 fully saturated rings. The summed E-state index contributed by atoms with van der Waals surface area (Å²) in [6.07, 6.45) is 0.726. The van der Waals surface area contributed by atoms with E-state index in [9.17, 15) is 32.4 Å². The Morgan fingerprint density at radius 1 is 1.00 bits per heavy atom. The topological polar surface area (TPSA) is 203 Å². The summed E-state index contributed by atoms with van der Waals surface area (Å²) in [6, 6.07) is 21.3. The zero-order chi connectivity index (χ0) is 45.7. The third-order valence-corrected chi connectivity index (χ3v) is 12.2. The van der Waals surface area contributed by atoms with Crippen LogP contribution in [0.15, 0.2) is 115 Å². The van der Waals surface area contributed by atoms with Crippen molar-refractivity contribution in [2.24, 2.45) is 5.92 Å². The van der Waals surface area contributed by atoms with Crippen LogP contribution in [-0.2, 0) is 33.9 Å². The number of likely N-dealkylation sites (tertiary alicyclic amines) is 1. The second-order valence-corrected chi connectivity index (χ2v) is 18.1. The predicted molar refractivity (Wildman–Crippen MR) is 235 cm³/mol. The molecule has 17 heteroatoms. The van der Waals surface area contributed by atoms with E-state index in [4.69, 9.17) is 19.2 Å². The van der Waals surface area contributed by atoms with E-state index in [-0.39, 0.29) is 37.2 Å².